The second-order valence-corrected chi connectivity index (χ2v) is 4.79. The third-order valence-corrected chi connectivity index (χ3v) is 3.19. The summed E-state index contributed by atoms with van der Waals surface area (Å²) in [6.07, 6.45) is 0. The van der Waals surface area contributed by atoms with Crippen molar-refractivity contribution in [2.75, 3.05) is 32.0 Å². The number of hydrogen-bond donors (Lipinski definition) is 2. The number of anilines is 2. The monoisotopic (exact) mass is 318 g/mol. The molecule has 0 unspecified atom stereocenters. The van der Waals surface area contributed by atoms with Crippen LogP contribution in [0.25, 0.3) is 0 Å². The van der Waals surface area contributed by atoms with E-state index in [9.17, 15) is 0 Å². The molecule has 2 rings (SSSR count). The van der Waals surface area contributed by atoms with E-state index in [1.807, 2.05) is 42.5 Å². The Morgan fingerprint density at radius 3 is 2.27 bits per heavy atom. The minimum atomic E-state index is 0.444. The molecule has 0 saturated carbocycles. The minimum Gasteiger partial charge on any atom is -0.497 e. The molecule has 0 aliphatic carbocycles. The molecular weight excluding hydrogens is 300 g/mol. The minimum absolute atomic E-state index is 0.444. The zero-order valence-electron chi connectivity index (χ0n) is 12.7. The van der Waals surface area contributed by atoms with Gasteiger partial charge in [0.15, 0.2) is 5.11 Å². The van der Waals surface area contributed by atoms with Gasteiger partial charge in [-0.1, -0.05) is 6.07 Å². The van der Waals surface area contributed by atoms with Crippen LogP contribution in [0.3, 0.4) is 0 Å². The maximum absolute atomic E-state index is 5.33. The quantitative estimate of drug-likeness (QED) is 0.823. The van der Waals surface area contributed by atoms with E-state index >= 15 is 0 Å². The lowest BCUT2D eigenvalue weighted by Crippen LogP contribution is -2.19. The van der Waals surface area contributed by atoms with E-state index in [0.29, 0.717) is 16.6 Å². The van der Waals surface area contributed by atoms with E-state index in [4.69, 9.17) is 26.4 Å². The Bertz CT molecular complexity index is 662. The van der Waals surface area contributed by atoms with Crippen molar-refractivity contribution in [3.8, 4) is 17.2 Å². The first-order valence-corrected chi connectivity index (χ1v) is 7.01. The Kier molecular flexibility index (Phi) is 5.43. The summed E-state index contributed by atoms with van der Waals surface area (Å²) in [5.74, 6) is 2.15. The van der Waals surface area contributed by atoms with Crippen LogP contribution in [0, 0.1) is 0 Å². The molecule has 5 nitrogen and oxygen atoms in total. The molecule has 0 fully saturated rings. The summed E-state index contributed by atoms with van der Waals surface area (Å²) in [6, 6.07) is 13.0. The molecule has 22 heavy (non-hydrogen) atoms. The highest BCUT2D eigenvalue weighted by molar-refractivity contribution is 7.80. The van der Waals surface area contributed by atoms with Gasteiger partial charge in [-0.15, -0.1) is 0 Å². The number of rotatable bonds is 5. The predicted molar refractivity (Wildman–Crippen MR) is 92.4 cm³/mol. The number of hydrogen-bond acceptors (Lipinski definition) is 4. The Balaban J connectivity index is 2.11. The van der Waals surface area contributed by atoms with Gasteiger partial charge in [0.1, 0.15) is 17.2 Å². The van der Waals surface area contributed by atoms with Crippen molar-refractivity contribution in [3.63, 3.8) is 0 Å². The summed E-state index contributed by atoms with van der Waals surface area (Å²) in [6.45, 7) is 0. The van der Waals surface area contributed by atoms with Gasteiger partial charge >= 0.3 is 0 Å². The third kappa shape index (κ3) is 4.02. The van der Waals surface area contributed by atoms with Crippen molar-refractivity contribution in [2.24, 2.45) is 0 Å². The molecule has 116 valence electrons. The van der Waals surface area contributed by atoms with Crippen LogP contribution in [-0.4, -0.2) is 26.4 Å². The molecule has 0 aromatic heterocycles. The molecular formula is C16H18N2O3S. The maximum atomic E-state index is 5.33. The van der Waals surface area contributed by atoms with Crippen LogP contribution in [0.5, 0.6) is 17.2 Å². The highest BCUT2D eigenvalue weighted by atomic mass is 32.1. The normalized spacial score (nSPS) is 9.77. The van der Waals surface area contributed by atoms with E-state index in [2.05, 4.69) is 10.6 Å². The molecule has 0 radical (unpaired) electrons. The number of thiocarbonyl (C=S) groups is 1. The molecule has 0 amide bonds. The fraction of sp³-hybridized carbons (Fsp3) is 0.188. The Morgan fingerprint density at radius 2 is 1.59 bits per heavy atom. The molecule has 0 bridgehead atoms. The van der Waals surface area contributed by atoms with Crippen molar-refractivity contribution in [1.82, 2.24) is 0 Å². The number of methoxy groups -OCH3 is 3. The van der Waals surface area contributed by atoms with E-state index in [1.165, 1.54) is 0 Å². The Morgan fingerprint density at radius 1 is 0.864 bits per heavy atom. The van der Waals surface area contributed by atoms with Crippen LogP contribution in [-0.2, 0) is 0 Å². The van der Waals surface area contributed by atoms with Crippen LogP contribution in [0.2, 0.25) is 0 Å². The molecule has 0 aliphatic rings. The molecule has 2 aromatic carbocycles. The topological polar surface area (TPSA) is 51.8 Å². The first-order chi connectivity index (χ1) is 10.7. The SMILES string of the molecule is COc1cccc(NC(=S)Nc2cc(OC)ccc2OC)c1. The number of ether oxygens (including phenoxy) is 3. The highest BCUT2D eigenvalue weighted by Gasteiger charge is 2.07. The molecule has 0 saturated heterocycles. The van der Waals surface area contributed by atoms with Crippen molar-refractivity contribution < 1.29 is 14.2 Å². The fourth-order valence-electron chi connectivity index (χ4n) is 1.90. The average molecular weight is 318 g/mol. The second kappa shape index (κ2) is 7.51. The van der Waals surface area contributed by atoms with E-state index in [0.717, 1.165) is 17.1 Å². The van der Waals surface area contributed by atoms with Gasteiger partial charge < -0.3 is 24.8 Å². The van der Waals surface area contributed by atoms with Gasteiger partial charge in [-0.05, 0) is 36.5 Å². The van der Waals surface area contributed by atoms with Gasteiger partial charge in [0.05, 0.1) is 27.0 Å². The summed E-state index contributed by atoms with van der Waals surface area (Å²) >= 11 is 5.33. The first-order valence-electron chi connectivity index (χ1n) is 6.60. The zero-order chi connectivity index (χ0) is 15.9. The van der Waals surface area contributed by atoms with Gasteiger partial charge in [0.2, 0.25) is 0 Å². The Labute approximate surface area is 135 Å². The molecule has 0 heterocycles. The van der Waals surface area contributed by atoms with Gasteiger partial charge in [-0.25, -0.2) is 0 Å². The molecule has 6 heteroatoms. The first kappa shape index (κ1) is 15.9. The van der Waals surface area contributed by atoms with Gasteiger partial charge in [0, 0.05) is 17.8 Å². The van der Waals surface area contributed by atoms with Gasteiger partial charge in [-0.2, -0.15) is 0 Å². The van der Waals surface area contributed by atoms with Crippen LogP contribution in [0.15, 0.2) is 42.5 Å². The summed E-state index contributed by atoms with van der Waals surface area (Å²) < 4.78 is 15.7. The van der Waals surface area contributed by atoms with E-state index in [1.54, 1.807) is 21.3 Å². The molecule has 2 aromatic rings. The highest BCUT2D eigenvalue weighted by Crippen LogP contribution is 2.29. The average Bonchev–Trinajstić information content (AvgIpc) is 2.54. The lowest BCUT2D eigenvalue weighted by Gasteiger charge is -2.14. The molecule has 0 atom stereocenters. The van der Waals surface area contributed by atoms with Crippen molar-refractivity contribution in [2.45, 2.75) is 0 Å². The zero-order valence-corrected chi connectivity index (χ0v) is 13.5. The van der Waals surface area contributed by atoms with E-state index in [-0.39, 0.29) is 0 Å². The number of nitrogens with one attached hydrogen (secondary N) is 2. The molecule has 2 N–H and O–H groups in total. The maximum Gasteiger partial charge on any atom is 0.175 e. The fourth-order valence-corrected chi connectivity index (χ4v) is 2.13. The van der Waals surface area contributed by atoms with Crippen LogP contribution in [0.4, 0.5) is 11.4 Å². The van der Waals surface area contributed by atoms with Crippen LogP contribution < -0.4 is 24.8 Å². The Hall–Kier alpha value is -2.47. The summed E-state index contributed by atoms with van der Waals surface area (Å²) in [4.78, 5) is 0. The second-order valence-electron chi connectivity index (χ2n) is 4.38. The smallest absolute Gasteiger partial charge is 0.175 e. The standard InChI is InChI=1S/C16H18N2O3S/c1-19-12-6-4-5-11(9-12)17-16(22)18-14-10-13(20-2)7-8-15(14)21-3/h4-10H,1-3H3,(H2,17,18,22). The van der Waals surface area contributed by atoms with Crippen molar-refractivity contribution in [1.29, 1.82) is 0 Å². The summed E-state index contributed by atoms with van der Waals surface area (Å²) in [7, 11) is 4.83. The number of benzene rings is 2. The van der Waals surface area contributed by atoms with Crippen molar-refractivity contribution >= 4 is 28.7 Å². The van der Waals surface area contributed by atoms with Gasteiger partial charge in [0.25, 0.3) is 0 Å². The predicted octanol–water partition coefficient (Wildman–Crippen LogP) is 3.52. The van der Waals surface area contributed by atoms with E-state index < -0.39 is 0 Å². The largest absolute Gasteiger partial charge is 0.497 e. The van der Waals surface area contributed by atoms with Crippen LogP contribution in [0.1, 0.15) is 0 Å². The lowest BCUT2D eigenvalue weighted by molar-refractivity contribution is 0.405. The summed E-state index contributed by atoms with van der Waals surface area (Å²) in [5.41, 5.74) is 1.56. The van der Waals surface area contributed by atoms with Gasteiger partial charge in [-0.3, -0.25) is 0 Å². The lowest BCUT2D eigenvalue weighted by atomic mass is 10.2. The molecule has 0 aliphatic heterocycles. The van der Waals surface area contributed by atoms with Crippen molar-refractivity contribution in [3.05, 3.63) is 42.5 Å². The molecule has 0 spiro atoms. The third-order valence-electron chi connectivity index (χ3n) is 2.98. The summed E-state index contributed by atoms with van der Waals surface area (Å²) in [5, 5.41) is 6.64. The van der Waals surface area contributed by atoms with Crippen LogP contribution >= 0.6 is 12.2 Å².